The second kappa shape index (κ2) is 4.56. The van der Waals surface area contributed by atoms with Crippen LogP contribution in [-0.4, -0.2) is 16.9 Å². The summed E-state index contributed by atoms with van der Waals surface area (Å²) in [5.41, 5.74) is 2.64. The number of esters is 1. The standard InChI is InChI=1S/C18H12O4/c19-14-9-10-5-1-2-6-11(10)16(20)15(14)17-12-7-3-4-8-13(12)18(21)22-17/h1-8,17,20H,9H2. The van der Waals surface area contributed by atoms with E-state index in [1.165, 1.54) is 0 Å². The van der Waals surface area contributed by atoms with Crippen molar-refractivity contribution in [2.45, 2.75) is 12.5 Å². The molecule has 4 heteroatoms. The van der Waals surface area contributed by atoms with Gasteiger partial charge in [-0.2, -0.15) is 0 Å². The van der Waals surface area contributed by atoms with Crippen molar-refractivity contribution in [2.24, 2.45) is 0 Å². The summed E-state index contributed by atoms with van der Waals surface area (Å²) in [7, 11) is 0. The van der Waals surface area contributed by atoms with Crippen LogP contribution < -0.4 is 0 Å². The molecule has 0 aromatic heterocycles. The minimum absolute atomic E-state index is 0.0960. The van der Waals surface area contributed by atoms with Gasteiger partial charge in [-0.05, 0) is 11.6 Å². The Hall–Kier alpha value is -2.88. The monoisotopic (exact) mass is 292 g/mol. The lowest BCUT2D eigenvalue weighted by molar-refractivity contribution is -0.116. The molecule has 1 heterocycles. The van der Waals surface area contributed by atoms with Crippen LogP contribution >= 0.6 is 0 Å². The molecule has 4 nitrogen and oxygen atoms in total. The van der Waals surface area contributed by atoms with Crippen LogP contribution in [0.2, 0.25) is 0 Å². The van der Waals surface area contributed by atoms with Crippen LogP contribution in [0.15, 0.2) is 54.1 Å². The minimum atomic E-state index is -0.829. The molecule has 108 valence electrons. The molecule has 0 spiro atoms. The Bertz CT molecular complexity index is 848. The van der Waals surface area contributed by atoms with Crippen LogP contribution in [0.5, 0.6) is 0 Å². The van der Waals surface area contributed by atoms with Crippen molar-refractivity contribution in [3.63, 3.8) is 0 Å². The Morgan fingerprint density at radius 1 is 0.955 bits per heavy atom. The first-order chi connectivity index (χ1) is 10.7. The van der Waals surface area contributed by atoms with E-state index in [2.05, 4.69) is 0 Å². The number of aliphatic hydroxyl groups excluding tert-OH is 1. The third-order valence-electron chi connectivity index (χ3n) is 4.13. The van der Waals surface area contributed by atoms with Gasteiger partial charge in [-0.1, -0.05) is 42.5 Å². The van der Waals surface area contributed by atoms with Gasteiger partial charge < -0.3 is 9.84 Å². The van der Waals surface area contributed by atoms with Gasteiger partial charge in [-0.25, -0.2) is 4.79 Å². The van der Waals surface area contributed by atoms with E-state index in [-0.39, 0.29) is 23.5 Å². The molecular formula is C18H12O4. The van der Waals surface area contributed by atoms with Crippen LogP contribution in [0.1, 0.15) is 33.2 Å². The van der Waals surface area contributed by atoms with Gasteiger partial charge in [-0.3, -0.25) is 4.79 Å². The Morgan fingerprint density at radius 3 is 2.45 bits per heavy atom. The molecule has 2 aliphatic rings. The topological polar surface area (TPSA) is 63.6 Å². The number of ketones is 1. The van der Waals surface area contributed by atoms with Crippen LogP contribution in [0.25, 0.3) is 5.76 Å². The molecule has 0 saturated heterocycles. The highest BCUT2D eigenvalue weighted by atomic mass is 16.5. The first kappa shape index (κ1) is 12.8. The zero-order valence-electron chi connectivity index (χ0n) is 11.6. The number of fused-ring (bicyclic) bond motifs is 2. The second-order valence-electron chi connectivity index (χ2n) is 5.39. The van der Waals surface area contributed by atoms with Crippen molar-refractivity contribution in [1.29, 1.82) is 0 Å². The van der Waals surface area contributed by atoms with E-state index in [0.717, 1.165) is 5.56 Å². The predicted molar refractivity (Wildman–Crippen MR) is 79.3 cm³/mol. The molecule has 2 aromatic carbocycles. The van der Waals surface area contributed by atoms with Crippen molar-refractivity contribution < 1.29 is 19.4 Å². The molecule has 0 radical (unpaired) electrons. The zero-order valence-corrected chi connectivity index (χ0v) is 11.6. The molecule has 0 bridgehead atoms. The molecule has 2 aromatic rings. The van der Waals surface area contributed by atoms with Crippen LogP contribution in [-0.2, 0) is 16.0 Å². The average molecular weight is 292 g/mol. The summed E-state index contributed by atoms with van der Waals surface area (Å²) in [6.45, 7) is 0. The van der Waals surface area contributed by atoms with E-state index >= 15 is 0 Å². The van der Waals surface area contributed by atoms with Crippen molar-refractivity contribution in [3.05, 3.63) is 76.4 Å². The average Bonchev–Trinajstić information content (AvgIpc) is 2.85. The van der Waals surface area contributed by atoms with E-state index in [1.807, 2.05) is 12.1 Å². The Kier molecular flexibility index (Phi) is 2.66. The summed E-state index contributed by atoms with van der Waals surface area (Å²) >= 11 is 0. The largest absolute Gasteiger partial charge is 0.507 e. The maximum Gasteiger partial charge on any atom is 0.339 e. The predicted octanol–water partition coefficient (Wildman–Crippen LogP) is 2.99. The van der Waals surface area contributed by atoms with Crippen molar-refractivity contribution in [3.8, 4) is 0 Å². The smallest absolute Gasteiger partial charge is 0.339 e. The van der Waals surface area contributed by atoms with Gasteiger partial charge in [0.1, 0.15) is 5.76 Å². The van der Waals surface area contributed by atoms with E-state index in [4.69, 9.17) is 4.74 Å². The highest BCUT2D eigenvalue weighted by Crippen LogP contribution is 2.41. The fraction of sp³-hybridized carbons (Fsp3) is 0.111. The van der Waals surface area contributed by atoms with E-state index < -0.39 is 12.1 Å². The van der Waals surface area contributed by atoms with Crippen LogP contribution in [0.3, 0.4) is 0 Å². The number of rotatable bonds is 1. The fourth-order valence-electron chi connectivity index (χ4n) is 3.08. The number of benzene rings is 2. The van der Waals surface area contributed by atoms with Crippen molar-refractivity contribution >= 4 is 17.5 Å². The highest BCUT2D eigenvalue weighted by Gasteiger charge is 2.39. The Balaban J connectivity index is 1.90. The summed E-state index contributed by atoms with van der Waals surface area (Å²) in [6, 6.07) is 14.2. The van der Waals surface area contributed by atoms with E-state index in [0.29, 0.717) is 16.7 Å². The van der Waals surface area contributed by atoms with Gasteiger partial charge >= 0.3 is 5.97 Å². The van der Waals surface area contributed by atoms with Crippen molar-refractivity contribution in [1.82, 2.24) is 0 Å². The summed E-state index contributed by atoms with van der Waals surface area (Å²) in [5.74, 6) is -0.778. The number of cyclic esters (lactones) is 1. The lowest BCUT2D eigenvalue weighted by atomic mass is 9.85. The summed E-state index contributed by atoms with van der Waals surface area (Å²) in [4.78, 5) is 24.4. The first-order valence-corrected chi connectivity index (χ1v) is 7.01. The maximum absolute atomic E-state index is 12.5. The van der Waals surface area contributed by atoms with Crippen molar-refractivity contribution in [2.75, 3.05) is 0 Å². The van der Waals surface area contributed by atoms with Gasteiger partial charge in [-0.15, -0.1) is 0 Å². The Labute approximate surface area is 126 Å². The molecule has 1 N–H and O–H groups in total. The SMILES string of the molecule is O=C1Cc2ccccc2C(O)=C1C1OC(=O)c2ccccc21. The van der Waals surface area contributed by atoms with Gasteiger partial charge in [0.15, 0.2) is 11.9 Å². The number of ether oxygens (including phenoxy) is 1. The number of Topliss-reactive ketones (excluding diaryl/α,β-unsaturated/α-hetero) is 1. The quantitative estimate of drug-likeness (QED) is 0.821. The molecule has 1 aliphatic heterocycles. The zero-order chi connectivity index (χ0) is 15.3. The number of aliphatic hydroxyl groups is 1. The van der Waals surface area contributed by atoms with Crippen LogP contribution in [0, 0.1) is 0 Å². The minimum Gasteiger partial charge on any atom is -0.507 e. The summed E-state index contributed by atoms with van der Waals surface area (Å²) in [6.07, 6.45) is -0.629. The summed E-state index contributed by atoms with van der Waals surface area (Å²) < 4.78 is 5.35. The summed E-state index contributed by atoms with van der Waals surface area (Å²) in [5, 5.41) is 10.5. The molecule has 0 amide bonds. The highest BCUT2D eigenvalue weighted by molar-refractivity contribution is 6.08. The van der Waals surface area contributed by atoms with Gasteiger partial charge in [0.25, 0.3) is 0 Å². The van der Waals surface area contributed by atoms with E-state index in [9.17, 15) is 14.7 Å². The lowest BCUT2D eigenvalue weighted by Gasteiger charge is -2.22. The normalized spacial score (nSPS) is 19.7. The van der Waals surface area contributed by atoms with E-state index in [1.54, 1.807) is 36.4 Å². The molecule has 1 unspecified atom stereocenters. The molecule has 0 saturated carbocycles. The third-order valence-corrected chi connectivity index (χ3v) is 4.13. The molecule has 1 aliphatic carbocycles. The number of hydrogen-bond donors (Lipinski definition) is 1. The second-order valence-corrected chi connectivity index (χ2v) is 5.39. The molecule has 1 atom stereocenters. The molecular weight excluding hydrogens is 280 g/mol. The lowest BCUT2D eigenvalue weighted by Crippen LogP contribution is -2.21. The molecule has 22 heavy (non-hydrogen) atoms. The van der Waals surface area contributed by atoms with Gasteiger partial charge in [0.05, 0.1) is 11.1 Å². The number of carbonyl (C=O) groups excluding carboxylic acids is 2. The molecule has 0 fully saturated rings. The van der Waals surface area contributed by atoms with Gasteiger partial charge in [0, 0.05) is 17.5 Å². The molecule has 4 rings (SSSR count). The fourth-order valence-corrected chi connectivity index (χ4v) is 3.08. The first-order valence-electron chi connectivity index (χ1n) is 7.01. The third kappa shape index (κ3) is 1.70. The number of carbonyl (C=O) groups is 2. The van der Waals surface area contributed by atoms with Gasteiger partial charge in [0.2, 0.25) is 0 Å². The maximum atomic E-state index is 12.5. The number of hydrogen-bond acceptors (Lipinski definition) is 4. The van der Waals surface area contributed by atoms with Crippen LogP contribution in [0.4, 0.5) is 0 Å². The Morgan fingerprint density at radius 2 is 1.64 bits per heavy atom.